The van der Waals surface area contributed by atoms with Crippen molar-refractivity contribution in [2.24, 2.45) is 0 Å². The molecular weight excluding hydrogens is 132 g/mol. The molecule has 0 bridgehead atoms. The van der Waals surface area contributed by atoms with E-state index < -0.39 is 0 Å². The molecule has 0 fully saturated rings. The molecule has 0 radical (unpaired) electrons. The Morgan fingerprint density at radius 1 is 1.70 bits per heavy atom. The van der Waals surface area contributed by atoms with Crippen LogP contribution in [0.1, 0.15) is 13.8 Å². The third-order valence-corrected chi connectivity index (χ3v) is 1.06. The number of hydrogen-bond acceptors (Lipinski definition) is 3. The summed E-state index contributed by atoms with van der Waals surface area (Å²) in [6.45, 7) is 3.98. The summed E-state index contributed by atoms with van der Waals surface area (Å²) >= 11 is 0. The molecule has 0 aliphatic carbocycles. The summed E-state index contributed by atoms with van der Waals surface area (Å²) in [5, 5.41) is 0. The topological polar surface area (TPSA) is 50.4 Å². The molecule has 1 unspecified atom stereocenters. The molecule has 0 aromatic heterocycles. The number of rotatable bonds is 4. The molecule has 1 amide bonds. The Kier molecular flexibility index (Phi) is 4.88. The number of nitrogens with one attached hydrogen (secondary N) is 2. The number of hydrogen-bond donors (Lipinski definition) is 2. The summed E-state index contributed by atoms with van der Waals surface area (Å²) in [4.78, 5) is 10.3. The molecule has 0 aliphatic heterocycles. The average Bonchev–Trinajstić information content (AvgIpc) is 1.87. The van der Waals surface area contributed by atoms with Gasteiger partial charge in [0.25, 0.3) is 0 Å². The second-order valence-electron chi connectivity index (χ2n) is 2.11. The van der Waals surface area contributed by atoms with E-state index in [9.17, 15) is 4.79 Å². The van der Waals surface area contributed by atoms with Crippen LogP contribution < -0.4 is 10.9 Å². The number of carbonyl (C=O) groups excluding carboxylic acids is 1. The summed E-state index contributed by atoms with van der Waals surface area (Å²) < 4.78 is 4.92. The standard InChI is InChI=1S/C6H14N2O2/c1-5(10-3)4-7-8-6(2)9/h5,7H,4H2,1-3H3,(H,8,9). The smallest absolute Gasteiger partial charge is 0.230 e. The lowest BCUT2D eigenvalue weighted by molar-refractivity contribution is -0.120. The van der Waals surface area contributed by atoms with Crippen molar-refractivity contribution in [1.82, 2.24) is 10.9 Å². The van der Waals surface area contributed by atoms with E-state index in [0.29, 0.717) is 6.54 Å². The first-order valence-corrected chi connectivity index (χ1v) is 3.19. The number of carbonyl (C=O) groups is 1. The highest BCUT2D eigenvalue weighted by molar-refractivity contribution is 5.72. The highest BCUT2D eigenvalue weighted by atomic mass is 16.5. The van der Waals surface area contributed by atoms with Crippen LogP contribution in [0.5, 0.6) is 0 Å². The van der Waals surface area contributed by atoms with Gasteiger partial charge in [-0.05, 0) is 6.92 Å². The summed E-state index contributed by atoms with van der Waals surface area (Å²) in [5.74, 6) is -0.0942. The van der Waals surface area contributed by atoms with Crippen molar-refractivity contribution in [3.8, 4) is 0 Å². The van der Waals surface area contributed by atoms with Crippen LogP contribution in [0, 0.1) is 0 Å². The van der Waals surface area contributed by atoms with Gasteiger partial charge in [0.05, 0.1) is 6.10 Å². The van der Waals surface area contributed by atoms with Crippen LogP contribution in [0.3, 0.4) is 0 Å². The largest absolute Gasteiger partial charge is 0.380 e. The van der Waals surface area contributed by atoms with Crippen LogP contribution in [-0.2, 0) is 9.53 Å². The number of ether oxygens (including phenoxy) is 1. The lowest BCUT2D eigenvalue weighted by atomic mass is 10.4. The Hall–Kier alpha value is -0.610. The molecule has 0 aromatic carbocycles. The number of amides is 1. The molecule has 2 N–H and O–H groups in total. The first kappa shape index (κ1) is 9.39. The molecule has 1 atom stereocenters. The molecule has 60 valence electrons. The Balaban J connectivity index is 3.11. The van der Waals surface area contributed by atoms with E-state index in [0.717, 1.165) is 0 Å². The molecular formula is C6H14N2O2. The zero-order chi connectivity index (χ0) is 7.98. The van der Waals surface area contributed by atoms with Gasteiger partial charge in [-0.2, -0.15) is 0 Å². The molecule has 0 heterocycles. The second kappa shape index (κ2) is 5.20. The fraction of sp³-hybridized carbons (Fsp3) is 0.833. The van der Waals surface area contributed by atoms with Crippen LogP contribution in [0.25, 0.3) is 0 Å². The van der Waals surface area contributed by atoms with Gasteiger partial charge in [-0.15, -0.1) is 0 Å². The van der Waals surface area contributed by atoms with Gasteiger partial charge in [-0.25, -0.2) is 5.43 Å². The SMILES string of the molecule is COC(C)CNNC(C)=O. The first-order chi connectivity index (χ1) is 4.66. The Labute approximate surface area is 60.9 Å². The van der Waals surface area contributed by atoms with Crippen molar-refractivity contribution >= 4 is 5.91 Å². The van der Waals surface area contributed by atoms with E-state index in [1.54, 1.807) is 7.11 Å². The van der Waals surface area contributed by atoms with E-state index in [1.165, 1.54) is 6.92 Å². The van der Waals surface area contributed by atoms with Crippen molar-refractivity contribution in [3.63, 3.8) is 0 Å². The maximum atomic E-state index is 10.3. The normalized spacial score (nSPS) is 12.7. The van der Waals surface area contributed by atoms with Gasteiger partial charge < -0.3 is 4.74 Å². The molecule has 4 heteroatoms. The van der Waals surface area contributed by atoms with Gasteiger partial charge in [0.2, 0.25) is 5.91 Å². The van der Waals surface area contributed by atoms with Crippen LogP contribution >= 0.6 is 0 Å². The van der Waals surface area contributed by atoms with E-state index >= 15 is 0 Å². The monoisotopic (exact) mass is 146 g/mol. The molecule has 0 rings (SSSR count). The highest BCUT2D eigenvalue weighted by Crippen LogP contribution is 1.81. The van der Waals surface area contributed by atoms with Crippen molar-refractivity contribution in [1.29, 1.82) is 0 Å². The van der Waals surface area contributed by atoms with Gasteiger partial charge in [-0.3, -0.25) is 10.2 Å². The minimum atomic E-state index is -0.0942. The van der Waals surface area contributed by atoms with E-state index in [2.05, 4.69) is 10.9 Å². The van der Waals surface area contributed by atoms with Gasteiger partial charge in [0.15, 0.2) is 0 Å². The Morgan fingerprint density at radius 2 is 2.30 bits per heavy atom. The minimum Gasteiger partial charge on any atom is -0.380 e. The van der Waals surface area contributed by atoms with E-state index in [4.69, 9.17) is 4.74 Å². The summed E-state index contributed by atoms with van der Waals surface area (Å²) in [6, 6.07) is 0. The van der Waals surface area contributed by atoms with E-state index in [-0.39, 0.29) is 12.0 Å². The lowest BCUT2D eigenvalue weighted by Crippen LogP contribution is -2.40. The van der Waals surface area contributed by atoms with Crippen molar-refractivity contribution in [2.45, 2.75) is 20.0 Å². The van der Waals surface area contributed by atoms with Gasteiger partial charge >= 0.3 is 0 Å². The molecule has 0 spiro atoms. The third-order valence-electron chi connectivity index (χ3n) is 1.06. The van der Waals surface area contributed by atoms with Gasteiger partial charge in [0.1, 0.15) is 0 Å². The average molecular weight is 146 g/mol. The maximum absolute atomic E-state index is 10.3. The zero-order valence-corrected chi connectivity index (χ0v) is 6.60. The fourth-order valence-corrected chi connectivity index (χ4v) is 0.403. The van der Waals surface area contributed by atoms with Crippen molar-refractivity contribution in [3.05, 3.63) is 0 Å². The van der Waals surface area contributed by atoms with Crippen molar-refractivity contribution < 1.29 is 9.53 Å². The lowest BCUT2D eigenvalue weighted by Gasteiger charge is -2.09. The van der Waals surface area contributed by atoms with Crippen LogP contribution in [-0.4, -0.2) is 25.7 Å². The van der Waals surface area contributed by atoms with Crippen LogP contribution in [0.4, 0.5) is 0 Å². The third kappa shape index (κ3) is 5.53. The second-order valence-corrected chi connectivity index (χ2v) is 2.11. The molecule has 0 saturated carbocycles. The van der Waals surface area contributed by atoms with Gasteiger partial charge in [0, 0.05) is 20.6 Å². The predicted molar refractivity (Wildman–Crippen MR) is 38.3 cm³/mol. The van der Waals surface area contributed by atoms with E-state index in [1.807, 2.05) is 6.92 Å². The number of methoxy groups -OCH3 is 1. The number of hydrazine groups is 1. The fourth-order valence-electron chi connectivity index (χ4n) is 0.403. The highest BCUT2D eigenvalue weighted by Gasteiger charge is 1.96. The maximum Gasteiger partial charge on any atom is 0.230 e. The Bertz CT molecular complexity index is 106. The summed E-state index contributed by atoms with van der Waals surface area (Å²) in [7, 11) is 1.63. The van der Waals surface area contributed by atoms with Crippen LogP contribution in [0.15, 0.2) is 0 Å². The molecule has 10 heavy (non-hydrogen) atoms. The van der Waals surface area contributed by atoms with Gasteiger partial charge in [-0.1, -0.05) is 0 Å². The summed E-state index contributed by atoms with van der Waals surface area (Å²) in [6.07, 6.45) is 0.117. The minimum absolute atomic E-state index is 0.0942. The first-order valence-electron chi connectivity index (χ1n) is 3.19. The Morgan fingerprint density at radius 3 is 2.70 bits per heavy atom. The molecule has 4 nitrogen and oxygen atoms in total. The van der Waals surface area contributed by atoms with Crippen molar-refractivity contribution in [2.75, 3.05) is 13.7 Å². The zero-order valence-electron chi connectivity index (χ0n) is 6.60. The molecule has 0 aliphatic rings. The predicted octanol–water partition coefficient (Wildman–Crippen LogP) is -0.338. The summed E-state index contributed by atoms with van der Waals surface area (Å²) in [5.41, 5.74) is 5.15. The molecule has 0 aromatic rings. The quantitative estimate of drug-likeness (QED) is 0.533. The van der Waals surface area contributed by atoms with Crippen LogP contribution in [0.2, 0.25) is 0 Å². The molecule has 0 saturated heterocycles.